The number of amides is 1. The van der Waals surface area contributed by atoms with Crippen LogP contribution in [0.25, 0.3) is 10.6 Å². The molecule has 1 N–H and O–H groups in total. The number of carbonyl (C=O) groups is 1. The van der Waals surface area contributed by atoms with E-state index in [1.165, 1.54) is 35.6 Å². The van der Waals surface area contributed by atoms with Gasteiger partial charge in [-0.2, -0.15) is 0 Å². The fourth-order valence-corrected chi connectivity index (χ4v) is 4.53. The molecule has 0 saturated heterocycles. The van der Waals surface area contributed by atoms with Gasteiger partial charge in [-0.25, -0.2) is 9.37 Å². The molecule has 2 aromatic carbocycles. The molecule has 1 aromatic heterocycles. The van der Waals surface area contributed by atoms with Gasteiger partial charge >= 0.3 is 0 Å². The number of fused-ring (bicyclic) bond motifs is 1. The van der Waals surface area contributed by atoms with E-state index in [9.17, 15) is 9.18 Å². The summed E-state index contributed by atoms with van der Waals surface area (Å²) in [7, 11) is 1.49. The predicted octanol–water partition coefficient (Wildman–Crippen LogP) is 4.16. The molecule has 0 radical (unpaired) electrons. The van der Waals surface area contributed by atoms with Gasteiger partial charge in [0.05, 0.1) is 18.4 Å². The van der Waals surface area contributed by atoms with Crippen LogP contribution in [0.3, 0.4) is 0 Å². The first-order valence-corrected chi connectivity index (χ1v) is 9.56. The number of aromatic nitrogens is 1. The number of thiazole rings is 1. The molecule has 0 fully saturated rings. The van der Waals surface area contributed by atoms with Crippen molar-refractivity contribution in [2.24, 2.45) is 0 Å². The Hall–Kier alpha value is -2.73. The summed E-state index contributed by atoms with van der Waals surface area (Å²) in [4.78, 5) is 17.7. The van der Waals surface area contributed by atoms with Crippen LogP contribution in [0.1, 0.15) is 26.5 Å². The van der Waals surface area contributed by atoms with Crippen molar-refractivity contribution in [1.82, 2.24) is 10.3 Å². The summed E-state index contributed by atoms with van der Waals surface area (Å²) in [5.74, 6) is -0.174. The number of benzene rings is 2. The first-order chi connectivity index (χ1) is 13.1. The lowest BCUT2D eigenvalue weighted by atomic mass is 10.1. The Morgan fingerprint density at radius 3 is 2.56 bits per heavy atom. The van der Waals surface area contributed by atoms with Gasteiger partial charge in [0.1, 0.15) is 21.5 Å². The van der Waals surface area contributed by atoms with Crippen molar-refractivity contribution in [1.29, 1.82) is 0 Å². The molecule has 1 heterocycles. The number of nitrogens with zero attached hydrogens (tertiary/aromatic N) is 1. The minimum atomic E-state index is -0.415. The molecular formula is C21H19FN2O2S. The molecule has 0 bridgehead atoms. The van der Waals surface area contributed by atoms with Gasteiger partial charge in [-0.3, -0.25) is 4.79 Å². The Kier molecular flexibility index (Phi) is 4.66. The second-order valence-corrected chi connectivity index (χ2v) is 7.60. The van der Waals surface area contributed by atoms with Crippen molar-refractivity contribution in [3.63, 3.8) is 0 Å². The van der Waals surface area contributed by atoms with Gasteiger partial charge in [0.15, 0.2) is 0 Å². The number of halogens is 1. The van der Waals surface area contributed by atoms with Gasteiger partial charge in [0, 0.05) is 6.04 Å². The van der Waals surface area contributed by atoms with Crippen LogP contribution in [0, 0.1) is 12.7 Å². The SMILES string of the molecule is COc1cccc(F)c1-c1nc(C)c(C(=O)NC2Cc3ccccc3C2)s1. The van der Waals surface area contributed by atoms with E-state index >= 15 is 0 Å². The highest BCUT2D eigenvalue weighted by Gasteiger charge is 2.26. The van der Waals surface area contributed by atoms with Crippen LogP contribution in [0.15, 0.2) is 42.5 Å². The van der Waals surface area contributed by atoms with E-state index in [1.807, 2.05) is 12.1 Å². The zero-order valence-electron chi connectivity index (χ0n) is 15.1. The average molecular weight is 382 g/mol. The summed E-state index contributed by atoms with van der Waals surface area (Å²) in [6.45, 7) is 1.77. The molecule has 0 spiro atoms. The lowest BCUT2D eigenvalue weighted by Crippen LogP contribution is -2.35. The molecular weight excluding hydrogens is 363 g/mol. The second kappa shape index (κ2) is 7.12. The normalized spacial score (nSPS) is 13.4. The Balaban J connectivity index is 1.57. The Morgan fingerprint density at radius 1 is 1.19 bits per heavy atom. The second-order valence-electron chi connectivity index (χ2n) is 6.60. The molecule has 1 aliphatic carbocycles. The molecule has 3 aromatic rings. The standard InChI is InChI=1S/C21H19FN2O2S/c1-12-19(20(25)24-15-10-13-6-3-4-7-14(13)11-15)27-21(23-12)18-16(22)8-5-9-17(18)26-2/h3-9,15H,10-11H2,1-2H3,(H,24,25). The number of ether oxygens (including phenoxy) is 1. The van der Waals surface area contributed by atoms with Crippen LogP contribution in [-0.2, 0) is 12.8 Å². The smallest absolute Gasteiger partial charge is 0.263 e. The van der Waals surface area contributed by atoms with Crippen LogP contribution >= 0.6 is 11.3 Å². The molecule has 0 unspecified atom stereocenters. The number of nitrogens with one attached hydrogen (secondary N) is 1. The molecule has 138 valence electrons. The van der Waals surface area contributed by atoms with Gasteiger partial charge in [-0.05, 0) is 43.0 Å². The molecule has 6 heteroatoms. The number of methoxy groups -OCH3 is 1. The quantitative estimate of drug-likeness (QED) is 0.737. The van der Waals surface area contributed by atoms with Gasteiger partial charge < -0.3 is 10.1 Å². The van der Waals surface area contributed by atoms with E-state index in [0.717, 1.165) is 12.8 Å². The first kappa shape index (κ1) is 17.7. The van der Waals surface area contributed by atoms with E-state index < -0.39 is 5.82 Å². The number of hydrogen-bond acceptors (Lipinski definition) is 4. The maximum Gasteiger partial charge on any atom is 0.263 e. The molecule has 1 amide bonds. The van der Waals surface area contributed by atoms with E-state index in [1.54, 1.807) is 19.1 Å². The Morgan fingerprint density at radius 2 is 1.89 bits per heavy atom. The maximum absolute atomic E-state index is 14.3. The molecule has 4 nitrogen and oxygen atoms in total. The summed E-state index contributed by atoms with van der Waals surface area (Å²) in [5.41, 5.74) is 3.44. The topological polar surface area (TPSA) is 51.2 Å². The fourth-order valence-electron chi connectivity index (χ4n) is 3.51. The van der Waals surface area contributed by atoms with Crippen molar-refractivity contribution in [2.75, 3.05) is 7.11 Å². The van der Waals surface area contributed by atoms with Crippen molar-refractivity contribution in [3.05, 3.63) is 70.0 Å². The highest BCUT2D eigenvalue weighted by atomic mass is 32.1. The Bertz CT molecular complexity index is 990. The Labute approximate surface area is 161 Å². The van der Waals surface area contributed by atoms with Gasteiger partial charge in [0.2, 0.25) is 0 Å². The minimum Gasteiger partial charge on any atom is -0.496 e. The van der Waals surface area contributed by atoms with Gasteiger partial charge in [0.25, 0.3) is 5.91 Å². The van der Waals surface area contributed by atoms with Gasteiger partial charge in [-0.1, -0.05) is 30.3 Å². The third-order valence-corrected chi connectivity index (χ3v) is 5.97. The summed E-state index contributed by atoms with van der Waals surface area (Å²) in [5, 5.41) is 3.54. The fraction of sp³-hybridized carbons (Fsp3) is 0.238. The molecule has 0 atom stereocenters. The lowest BCUT2D eigenvalue weighted by molar-refractivity contribution is 0.0942. The van der Waals surface area contributed by atoms with Gasteiger partial charge in [-0.15, -0.1) is 11.3 Å². The highest BCUT2D eigenvalue weighted by molar-refractivity contribution is 7.17. The van der Waals surface area contributed by atoms with E-state index in [-0.39, 0.29) is 11.9 Å². The number of aryl methyl sites for hydroxylation is 1. The van der Waals surface area contributed by atoms with Crippen LogP contribution in [0.5, 0.6) is 5.75 Å². The average Bonchev–Trinajstić information content (AvgIpc) is 3.23. The molecule has 4 rings (SSSR count). The van der Waals surface area contributed by atoms with Crippen molar-refractivity contribution in [3.8, 4) is 16.3 Å². The summed E-state index contributed by atoms with van der Waals surface area (Å²) in [6.07, 6.45) is 1.65. The molecule has 0 saturated carbocycles. The summed E-state index contributed by atoms with van der Waals surface area (Å²) < 4.78 is 19.6. The van der Waals surface area contributed by atoms with Crippen molar-refractivity contribution in [2.45, 2.75) is 25.8 Å². The van der Waals surface area contributed by atoms with Crippen molar-refractivity contribution < 1.29 is 13.9 Å². The summed E-state index contributed by atoms with van der Waals surface area (Å²) in [6, 6.07) is 12.9. The van der Waals surface area contributed by atoms with Crippen LogP contribution in [-0.4, -0.2) is 24.0 Å². The number of rotatable bonds is 4. The highest BCUT2D eigenvalue weighted by Crippen LogP contribution is 2.36. The molecule has 27 heavy (non-hydrogen) atoms. The largest absolute Gasteiger partial charge is 0.496 e. The van der Waals surface area contributed by atoms with Crippen LogP contribution in [0.2, 0.25) is 0 Å². The van der Waals surface area contributed by atoms with E-state index in [4.69, 9.17) is 4.74 Å². The third-order valence-electron chi connectivity index (χ3n) is 4.80. The monoisotopic (exact) mass is 382 g/mol. The predicted molar refractivity (Wildman–Crippen MR) is 104 cm³/mol. The van der Waals surface area contributed by atoms with Crippen LogP contribution in [0.4, 0.5) is 4.39 Å². The first-order valence-electron chi connectivity index (χ1n) is 8.74. The summed E-state index contributed by atoms with van der Waals surface area (Å²) >= 11 is 1.19. The minimum absolute atomic E-state index is 0.0721. The zero-order valence-corrected chi connectivity index (χ0v) is 15.9. The number of carbonyl (C=O) groups excluding carboxylic acids is 1. The maximum atomic E-state index is 14.3. The number of hydrogen-bond donors (Lipinski definition) is 1. The van der Waals surface area contributed by atoms with Crippen LogP contribution < -0.4 is 10.1 Å². The third kappa shape index (κ3) is 3.32. The van der Waals surface area contributed by atoms with E-state index in [0.29, 0.717) is 26.9 Å². The molecule has 0 aliphatic heterocycles. The lowest BCUT2D eigenvalue weighted by Gasteiger charge is -2.11. The zero-order chi connectivity index (χ0) is 19.0. The van der Waals surface area contributed by atoms with Crippen molar-refractivity contribution >= 4 is 17.2 Å². The van der Waals surface area contributed by atoms with E-state index in [2.05, 4.69) is 22.4 Å². The molecule has 1 aliphatic rings.